The van der Waals surface area contributed by atoms with Gasteiger partial charge in [-0.3, -0.25) is 4.90 Å². The monoisotopic (exact) mass is 606 g/mol. The number of fused-ring (bicyclic) bond motifs is 4. The molecule has 0 radical (unpaired) electrons. The number of nitrogens with one attached hydrogen (secondary N) is 2. The number of amides is 2. The molecule has 210 valence electrons. The summed E-state index contributed by atoms with van der Waals surface area (Å²) >= 11 is 12.5. The first-order valence-corrected chi connectivity index (χ1v) is 12.8. The van der Waals surface area contributed by atoms with Crippen molar-refractivity contribution in [2.24, 2.45) is 5.92 Å². The molecule has 6 rings (SSSR count). The number of alkyl halides is 3. The zero-order valence-corrected chi connectivity index (χ0v) is 22.0. The van der Waals surface area contributed by atoms with Crippen molar-refractivity contribution in [1.82, 2.24) is 15.2 Å². The molecule has 2 aromatic carbocycles. The zero-order valence-electron chi connectivity index (χ0n) is 22.5. The van der Waals surface area contributed by atoms with E-state index in [1.54, 1.807) is 12.0 Å². The van der Waals surface area contributed by atoms with Crippen molar-refractivity contribution in [1.29, 1.82) is 0 Å². The van der Waals surface area contributed by atoms with Gasteiger partial charge in [0.15, 0.2) is 11.5 Å². The Bertz CT molecular complexity index is 1840. The molecule has 41 heavy (non-hydrogen) atoms. The topological polar surface area (TPSA) is 94.6 Å². The summed E-state index contributed by atoms with van der Waals surface area (Å²) in [6.07, 6.45) is -2.00. The maximum Gasteiger partial charge on any atom is 0.419 e. The molecule has 7 nitrogen and oxygen atoms in total. The number of anilines is 1. The molecular weight excluding hydrogens is 587 g/mol. The van der Waals surface area contributed by atoms with E-state index in [1.165, 1.54) is 30.4 Å². The second-order valence-electron chi connectivity index (χ2n) is 9.58. The molecular formula is C28H18Cl2F4N4O3. The molecule has 0 spiro atoms. The lowest BCUT2D eigenvalue weighted by Gasteiger charge is -2.30. The molecule has 3 atom stereocenters. The van der Waals surface area contributed by atoms with Crippen molar-refractivity contribution in [2.45, 2.75) is 24.2 Å². The van der Waals surface area contributed by atoms with Crippen molar-refractivity contribution in [3.63, 3.8) is 0 Å². The number of likely N-dealkylation sites (tertiary alicyclic amines) is 1. The molecule has 0 saturated carbocycles. The fourth-order valence-electron chi connectivity index (χ4n) is 5.42. The Morgan fingerprint density at radius 2 is 2.05 bits per heavy atom. The standard InChI is InChI=1S/C28H18Cl2F4N4O3/c29-17-7-5-13(31)9-15(17)25-24-19(10-18-14(6-8-22(30)35-18)23(24)20(11-39)36-25)37-26(40)38-12-27(41,28(32,33)34)16-3-1-2-4-21(16)38/h1-2,4-10,16,25,36,41H,3,12H2,(H,37,40)/i12D2. The maximum absolute atomic E-state index is 14.3. The second-order valence-corrected chi connectivity index (χ2v) is 10.4. The van der Waals surface area contributed by atoms with Gasteiger partial charge in [-0.2, -0.15) is 13.2 Å². The third-order valence-corrected chi connectivity index (χ3v) is 7.81. The van der Waals surface area contributed by atoms with Gasteiger partial charge in [0.2, 0.25) is 0 Å². The number of aromatic nitrogens is 1. The van der Waals surface area contributed by atoms with Gasteiger partial charge in [-0.15, -0.1) is 0 Å². The number of hydrogen-bond donors (Lipinski definition) is 3. The summed E-state index contributed by atoms with van der Waals surface area (Å²) in [5.74, 6) is -0.701. The molecule has 13 heteroatoms. The molecule has 1 aromatic heterocycles. The van der Waals surface area contributed by atoms with E-state index < -0.39 is 42.1 Å². The van der Waals surface area contributed by atoms with Crippen molar-refractivity contribution < 1.29 is 35.0 Å². The summed E-state index contributed by atoms with van der Waals surface area (Å²) < 4.78 is 73.8. The number of allylic oxidation sites excluding steroid dienone is 3. The summed E-state index contributed by atoms with van der Waals surface area (Å²) in [6, 6.07) is 5.44. The lowest BCUT2D eigenvalue weighted by molar-refractivity contribution is -0.266. The number of pyridine rings is 1. The minimum atomic E-state index is -5.45. The molecule has 3 aliphatic rings. The lowest BCUT2D eigenvalue weighted by atomic mass is 9.84. The van der Waals surface area contributed by atoms with Gasteiger partial charge in [-0.05, 0) is 48.9 Å². The van der Waals surface area contributed by atoms with Crippen LogP contribution in [-0.2, 0) is 4.79 Å². The minimum Gasteiger partial charge on any atom is -0.378 e. The van der Waals surface area contributed by atoms with E-state index in [4.69, 9.17) is 25.9 Å². The van der Waals surface area contributed by atoms with E-state index in [0.29, 0.717) is 5.39 Å². The Labute approximate surface area is 242 Å². The first-order valence-electron chi connectivity index (χ1n) is 13.1. The third kappa shape index (κ3) is 4.28. The zero-order chi connectivity index (χ0) is 31.1. The summed E-state index contributed by atoms with van der Waals surface area (Å²) in [7, 11) is 0. The van der Waals surface area contributed by atoms with Crippen LogP contribution in [0.25, 0.3) is 16.6 Å². The highest BCUT2D eigenvalue weighted by atomic mass is 35.5. The SMILES string of the molecule is [2H]C1([2H])N(C(=O)Nc2cc3nc(Cl)ccc3c3c2C(c2cc(F)ccc2Cl)NC3=C=O)C2=CC=CCC2C1(O)C(F)(F)F. The van der Waals surface area contributed by atoms with E-state index in [9.17, 15) is 32.3 Å². The van der Waals surface area contributed by atoms with Crippen LogP contribution in [0.15, 0.2) is 60.3 Å². The van der Waals surface area contributed by atoms with Crippen molar-refractivity contribution >= 4 is 57.5 Å². The van der Waals surface area contributed by atoms with Crippen LogP contribution in [-0.4, -0.2) is 45.2 Å². The van der Waals surface area contributed by atoms with Gasteiger partial charge in [0, 0.05) is 38.7 Å². The van der Waals surface area contributed by atoms with E-state index in [-0.39, 0.29) is 60.8 Å². The van der Waals surface area contributed by atoms with Gasteiger partial charge in [0.05, 0.1) is 26.5 Å². The quantitative estimate of drug-likeness (QED) is 0.185. The highest BCUT2D eigenvalue weighted by molar-refractivity contribution is 6.31. The number of urea groups is 1. The fourth-order valence-corrected chi connectivity index (χ4v) is 5.80. The normalized spacial score (nSPS) is 25.1. The van der Waals surface area contributed by atoms with Crippen molar-refractivity contribution in [2.75, 3.05) is 11.8 Å². The molecule has 1 aliphatic carbocycles. The van der Waals surface area contributed by atoms with Gasteiger partial charge in [-0.1, -0.05) is 35.4 Å². The molecule has 1 fully saturated rings. The first-order chi connectivity index (χ1) is 20.2. The van der Waals surface area contributed by atoms with Crippen molar-refractivity contribution in [3.8, 4) is 0 Å². The summed E-state index contributed by atoms with van der Waals surface area (Å²) in [5, 5.41) is 16.7. The van der Waals surface area contributed by atoms with Crippen LogP contribution in [0.5, 0.6) is 0 Å². The number of halogens is 6. The van der Waals surface area contributed by atoms with Crippen LogP contribution in [0.4, 0.5) is 28.0 Å². The summed E-state index contributed by atoms with van der Waals surface area (Å²) in [5.41, 5.74) is -3.87. The average molecular weight is 607 g/mol. The molecule has 2 amide bonds. The largest absolute Gasteiger partial charge is 0.419 e. The number of β-amino-alcohol motifs (C(OH)–C–C–N with tert-alkyl or cyclic N) is 1. The van der Waals surface area contributed by atoms with Gasteiger partial charge >= 0.3 is 12.2 Å². The molecule has 3 N–H and O–H groups in total. The number of rotatable bonds is 2. The summed E-state index contributed by atoms with van der Waals surface area (Å²) in [4.78, 5) is 30.4. The maximum atomic E-state index is 14.3. The van der Waals surface area contributed by atoms with E-state index >= 15 is 0 Å². The number of nitrogens with zero attached hydrogens (tertiary/aromatic N) is 2. The Morgan fingerprint density at radius 3 is 2.78 bits per heavy atom. The number of benzene rings is 2. The van der Waals surface area contributed by atoms with Gasteiger partial charge in [0.1, 0.15) is 16.7 Å². The van der Waals surface area contributed by atoms with Gasteiger partial charge in [0.25, 0.3) is 0 Å². The molecule has 3 unspecified atom stereocenters. The minimum absolute atomic E-state index is 0.0464. The molecule has 2 aliphatic heterocycles. The lowest BCUT2D eigenvalue weighted by Crippen LogP contribution is -2.52. The highest BCUT2D eigenvalue weighted by Gasteiger charge is 2.65. The Balaban J connectivity index is 1.55. The number of carbonyl (C=O) groups is 1. The Kier molecular flexibility index (Phi) is 5.82. The van der Waals surface area contributed by atoms with Crippen LogP contribution >= 0.6 is 23.2 Å². The molecule has 1 saturated heterocycles. The van der Waals surface area contributed by atoms with Crippen LogP contribution in [0, 0.1) is 11.7 Å². The van der Waals surface area contributed by atoms with Crippen LogP contribution < -0.4 is 10.6 Å². The number of carbonyl (C=O) groups excluding carboxylic acids is 2. The summed E-state index contributed by atoms with van der Waals surface area (Å²) in [6.45, 7) is -3.64. The predicted octanol–water partition coefficient (Wildman–Crippen LogP) is 6.15. The van der Waals surface area contributed by atoms with Crippen LogP contribution in [0.2, 0.25) is 10.2 Å². The smallest absolute Gasteiger partial charge is 0.378 e. The third-order valence-electron chi connectivity index (χ3n) is 7.25. The first kappa shape index (κ1) is 24.9. The van der Waals surface area contributed by atoms with E-state index in [0.717, 1.165) is 18.2 Å². The van der Waals surface area contributed by atoms with E-state index in [1.807, 2.05) is 0 Å². The Morgan fingerprint density at radius 1 is 1.27 bits per heavy atom. The van der Waals surface area contributed by atoms with E-state index in [2.05, 4.69) is 15.6 Å². The van der Waals surface area contributed by atoms with Gasteiger partial charge < -0.3 is 15.7 Å². The van der Waals surface area contributed by atoms with Gasteiger partial charge in [-0.25, -0.2) is 19.0 Å². The predicted molar refractivity (Wildman–Crippen MR) is 144 cm³/mol. The molecule has 3 aromatic rings. The highest BCUT2D eigenvalue weighted by Crippen LogP contribution is 2.50. The van der Waals surface area contributed by atoms with Crippen molar-refractivity contribution in [3.05, 3.63) is 93.0 Å². The van der Waals surface area contributed by atoms with Crippen LogP contribution in [0.3, 0.4) is 0 Å². The molecule has 3 heterocycles. The number of hydrogen-bond acceptors (Lipinski definition) is 5. The average Bonchev–Trinajstić information content (AvgIpc) is 3.41. The molecule has 0 bridgehead atoms. The second kappa shape index (κ2) is 9.60. The fraction of sp³-hybridized carbons (Fsp3) is 0.214. The Hall–Kier alpha value is -3.89. The number of aliphatic hydroxyl groups is 1. The van der Waals surface area contributed by atoms with Crippen LogP contribution in [0.1, 0.15) is 31.9 Å².